The lowest BCUT2D eigenvalue weighted by atomic mass is 9.85. The van der Waals surface area contributed by atoms with Gasteiger partial charge < -0.3 is 30.3 Å². The van der Waals surface area contributed by atoms with Gasteiger partial charge in [-0.05, 0) is 0 Å². The van der Waals surface area contributed by atoms with Crippen LogP contribution in [0.2, 0.25) is 0 Å². The van der Waals surface area contributed by atoms with Gasteiger partial charge in [0.2, 0.25) is 0 Å². The Morgan fingerprint density at radius 1 is 0.867 bits per heavy atom. The summed E-state index contributed by atoms with van der Waals surface area (Å²) in [5.74, 6) is 2.13. The molecule has 0 aromatic carbocycles. The maximum atomic E-state index is 9.45. The lowest BCUT2D eigenvalue weighted by molar-refractivity contribution is -0.232. The molecule has 0 spiro atoms. The molecule has 0 aliphatic heterocycles. The Hall–Kier alpha value is -0.680. The van der Waals surface area contributed by atoms with Crippen LogP contribution in [0.1, 0.15) is 0 Å². The van der Waals surface area contributed by atoms with Crippen LogP contribution in [0.25, 0.3) is 0 Å². The molecule has 2 unspecified atom stereocenters. The molecular weight excluding hydrogens is 204 g/mol. The van der Waals surface area contributed by atoms with Gasteiger partial charge in [0.05, 0.1) is 0 Å². The Morgan fingerprint density at radius 2 is 1.27 bits per heavy atom. The fraction of sp³-hybridized carbons (Fsp3) is 0.778. The maximum Gasteiger partial charge on any atom is 0.116 e. The predicted octanol–water partition coefficient (Wildman–Crippen LogP) is -3.18. The Bertz CT molecular complexity index is 233. The van der Waals surface area contributed by atoms with Crippen molar-refractivity contribution in [2.45, 2.75) is 36.6 Å². The molecule has 6 nitrogen and oxygen atoms in total. The minimum Gasteiger partial charge on any atom is -0.387 e. The van der Waals surface area contributed by atoms with Crippen molar-refractivity contribution in [2.75, 3.05) is 6.61 Å². The average molecular weight is 218 g/mol. The van der Waals surface area contributed by atoms with E-state index in [1.807, 2.05) is 0 Å². The van der Waals surface area contributed by atoms with E-state index in [4.69, 9.17) is 11.2 Å². The predicted molar refractivity (Wildman–Crippen MR) is 48.6 cm³/mol. The Balaban J connectivity index is 2.73. The van der Waals surface area contributed by atoms with E-state index in [1.165, 1.54) is 0 Å². The summed E-state index contributed by atoms with van der Waals surface area (Å²) >= 11 is 0. The highest BCUT2D eigenvalue weighted by atomic mass is 16.5. The van der Waals surface area contributed by atoms with Crippen molar-refractivity contribution < 1.29 is 30.3 Å². The van der Waals surface area contributed by atoms with Crippen LogP contribution in [0.15, 0.2) is 0 Å². The van der Waals surface area contributed by atoms with Crippen LogP contribution in [0.5, 0.6) is 0 Å². The Labute approximate surface area is 86.7 Å². The number of aliphatic hydroxyl groups excluding tert-OH is 5. The van der Waals surface area contributed by atoms with Gasteiger partial charge in [0, 0.05) is 0 Å². The minimum absolute atomic E-state index is 0.172. The monoisotopic (exact) mass is 218 g/mol. The normalized spacial score (nSPS) is 46.1. The number of rotatable bonds is 2. The van der Waals surface area contributed by atoms with Gasteiger partial charge in [0.25, 0.3) is 0 Å². The first-order valence-electron chi connectivity index (χ1n) is 4.46. The van der Waals surface area contributed by atoms with Gasteiger partial charge in [0.1, 0.15) is 43.2 Å². The summed E-state index contributed by atoms with van der Waals surface area (Å²) in [5, 5.41) is 46.7. The number of terminal acetylenes is 1. The van der Waals surface area contributed by atoms with E-state index in [0.29, 0.717) is 0 Å². The second-order valence-corrected chi connectivity index (χ2v) is 3.43. The van der Waals surface area contributed by atoms with E-state index in [2.05, 4.69) is 5.92 Å². The number of ether oxygens (including phenoxy) is 1. The third kappa shape index (κ3) is 2.29. The van der Waals surface area contributed by atoms with Gasteiger partial charge in [-0.2, -0.15) is 0 Å². The maximum absolute atomic E-state index is 9.45. The summed E-state index contributed by atoms with van der Waals surface area (Å²) in [5.41, 5.74) is 0. The topological polar surface area (TPSA) is 110 Å². The molecule has 1 fully saturated rings. The lowest BCUT2D eigenvalue weighted by Gasteiger charge is -2.41. The van der Waals surface area contributed by atoms with Crippen LogP contribution in [0.4, 0.5) is 0 Å². The molecule has 1 aliphatic rings. The molecule has 0 amide bonds. The zero-order valence-electron chi connectivity index (χ0n) is 7.89. The standard InChI is InChI=1S/C9H14O6/c1-2-3-15-9-7(13)5(11)4(10)6(12)8(9)14/h1,4-14H,3H2/t4?,5-,6+,7+,8-,9?. The highest BCUT2D eigenvalue weighted by Crippen LogP contribution is 2.23. The molecule has 0 saturated heterocycles. The quantitative estimate of drug-likeness (QED) is 0.313. The summed E-state index contributed by atoms with van der Waals surface area (Å²) in [7, 11) is 0. The van der Waals surface area contributed by atoms with Crippen molar-refractivity contribution in [1.29, 1.82) is 0 Å². The molecule has 5 N–H and O–H groups in total. The number of hydrogen-bond donors (Lipinski definition) is 5. The summed E-state index contributed by atoms with van der Waals surface area (Å²) in [4.78, 5) is 0. The van der Waals surface area contributed by atoms with Crippen molar-refractivity contribution in [1.82, 2.24) is 0 Å². The Kier molecular flexibility index (Phi) is 4.04. The first-order valence-corrected chi connectivity index (χ1v) is 4.46. The molecule has 0 bridgehead atoms. The van der Waals surface area contributed by atoms with Crippen molar-refractivity contribution in [3.05, 3.63) is 0 Å². The molecular formula is C9H14O6. The van der Waals surface area contributed by atoms with E-state index >= 15 is 0 Å². The SMILES string of the molecule is C#CCOC1[C@@H](O)[C@H](O)C(O)[C@H](O)[C@H]1O. The number of hydrogen-bond acceptors (Lipinski definition) is 6. The van der Waals surface area contributed by atoms with Gasteiger partial charge in [0.15, 0.2) is 0 Å². The van der Waals surface area contributed by atoms with Gasteiger partial charge in [-0.15, -0.1) is 6.42 Å². The zero-order chi connectivity index (χ0) is 11.6. The van der Waals surface area contributed by atoms with E-state index in [-0.39, 0.29) is 6.61 Å². The van der Waals surface area contributed by atoms with Crippen LogP contribution >= 0.6 is 0 Å². The van der Waals surface area contributed by atoms with Crippen LogP contribution in [0.3, 0.4) is 0 Å². The molecule has 0 aromatic heterocycles. The second kappa shape index (κ2) is 4.90. The summed E-state index contributed by atoms with van der Waals surface area (Å²) < 4.78 is 4.88. The third-order valence-electron chi connectivity index (χ3n) is 2.43. The van der Waals surface area contributed by atoms with Crippen LogP contribution < -0.4 is 0 Å². The number of aliphatic hydroxyl groups is 5. The van der Waals surface area contributed by atoms with Crippen molar-refractivity contribution in [2.24, 2.45) is 0 Å². The molecule has 15 heavy (non-hydrogen) atoms. The fourth-order valence-electron chi connectivity index (χ4n) is 1.54. The van der Waals surface area contributed by atoms with E-state index in [9.17, 15) is 25.5 Å². The molecule has 1 saturated carbocycles. The summed E-state index contributed by atoms with van der Waals surface area (Å²) in [6.07, 6.45) is -4.05. The van der Waals surface area contributed by atoms with E-state index in [1.54, 1.807) is 0 Å². The summed E-state index contributed by atoms with van der Waals surface area (Å²) in [6.45, 7) is -0.172. The lowest BCUT2D eigenvalue weighted by Crippen LogP contribution is -2.64. The van der Waals surface area contributed by atoms with Gasteiger partial charge in [-0.25, -0.2) is 0 Å². The molecule has 0 aromatic rings. The van der Waals surface area contributed by atoms with Crippen molar-refractivity contribution in [3.8, 4) is 12.3 Å². The Morgan fingerprint density at radius 3 is 1.67 bits per heavy atom. The second-order valence-electron chi connectivity index (χ2n) is 3.43. The fourth-order valence-corrected chi connectivity index (χ4v) is 1.54. The van der Waals surface area contributed by atoms with Crippen molar-refractivity contribution >= 4 is 0 Å². The van der Waals surface area contributed by atoms with Crippen LogP contribution in [-0.2, 0) is 4.74 Å². The molecule has 0 heterocycles. The van der Waals surface area contributed by atoms with Gasteiger partial charge in [-0.1, -0.05) is 5.92 Å². The molecule has 1 rings (SSSR count). The zero-order valence-corrected chi connectivity index (χ0v) is 7.89. The van der Waals surface area contributed by atoms with E-state index < -0.39 is 36.6 Å². The highest BCUT2D eigenvalue weighted by molar-refractivity contribution is 5.00. The molecule has 0 radical (unpaired) electrons. The molecule has 6 heteroatoms. The molecule has 86 valence electrons. The van der Waals surface area contributed by atoms with Crippen LogP contribution in [0, 0.1) is 12.3 Å². The van der Waals surface area contributed by atoms with Crippen molar-refractivity contribution in [3.63, 3.8) is 0 Å². The van der Waals surface area contributed by atoms with Gasteiger partial charge in [-0.3, -0.25) is 0 Å². The largest absolute Gasteiger partial charge is 0.387 e. The minimum atomic E-state index is -1.61. The third-order valence-corrected chi connectivity index (χ3v) is 2.43. The van der Waals surface area contributed by atoms with Crippen LogP contribution in [-0.4, -0.2) is 68.8 Å². The van der Waals surface area contributed by atoms with E-state index in [0.717, 1.165) is 0 Å². The highest BCUT2D eigenvalue weighted by Gasteiger charge is 2.48. The smallest absolute Gasteiger partial charge is 0.116 e. The van der Waals surface area contributed by atoms with Gasteiger partial charge >= 0.3 is 0 Å². The first kappa shape index (κ1) is 12.4. The average Bonchev–Trinajstić information content (AvgIpc) is 2.24. The summed E-state index contributed by atoms with van der Waals surface area (Å²) in [6, 6.07) is 0. The molecule has 1 aliphatic carbocycles. The molecule has 6 atom stereocenters. The first-order chi connectivity index (χ1) is 7.00.